The third-order valence-electron chi connectivity index (χ3n) is 7.87. The van der Waals surface area contributed by atoms with Crippen LogP contribution in [0.1, 0.15) is 67.1 Å². The summed E-state index contributed by atoms with van der Waals surface area (Å²) >= 11 is 0. The van der Waals surface area contributed by atoms with Crippen LogP contribution in [-0.2, 0) is 15.7 Å². The third-order valence-corrected chi connectivity index (χ3v) is 7.87. The Bertz CT molecular complexity index is 1160. The molecule has 0 bridgehead atoms. The first kappa shape index (κ1) is 39.0. The number of halogens is 3. The van der Waals surface area contributed by atoms with Crippen LogP contribution in [0.4, 0.5) is 24.8 Å². The first-order chi connectivity index (χ1) is 21.6. The van der Waals surface area contributed by atoms with Gasteiger partial charge in [0.15, 0.2) is 0 Å². The number of nitrogens with zero attached hydrogens (tertiary/aromatic N) is 7. The number of aromatic nitrogens is 2. The van der Waals surface area contributed by atoms with Gasteiger partial charge in [-0.15, -0.1) is 0 Å². The molecule has 1 amide bonds. The van der Waals surface area contributed by atoms with Crippen LogP contribution in [0, 0.1) is 5.92 Å². The van der Waals surface area contributed by atoms with Crippen molar-refractivity contribution >= 4 is 23.8 Å². The third kappa shape index (κ3) is 13.3. The number of rotatable bonds is 13. The molecule has 2 fully saturated rings. The molecular weight excluding hydrogens is 597 g/mol. The van der Waals surface area contributed by atoms with Crippen LogP contribution in [0.5, 0.6) is 0 Å². The fourth-order valence-corrected chi connectivity index (χ4v) is 4.88. The molecule has 46 heavy (non-hydrogen) atoms. The van der Waals surface area contributed by atoms with Crippen molar-refractivity contribution in [3.63, 3.8) is 0 Å². The summed E-state index contributed by atoms with van der Waals surface area (Å²) in [5.74, 6) is -0.351. The number of hydrogen-bond acceptors (Lipinski definition) is 9. The summed E-state index contributed by atoms with van der Waals surface area (Å²) in [5.41, 5.74) is 0.627. The average molecular weight is 653 g/mol. The van der Waals surface area contributed by atoms with Gasteiger partial charge < -0.3 is 24.8 Å². The maximum atomic E-state index is 13.5. The van der Waals surface area contributed by atoms with Crippen LogP contribution < -0.4 is 10.2 Å². The summed E-state index contributed by atoms with van der Waals surface area (Å²) in [6.45, 7) is 24.6. The predicted octanol–water partition coefficient (Wildman–Crippen LogP) is 5.55. The zero-order valence-electron chi connectivity index (χ0n) is 29.0. The smallest absolute Gasteiger partial charge is 0.377 e. The fraction of sp³-hybridized carbons (Fsp3) is 0.697. The number of piperazine rings is 1. The Kier molecular flexibility index (Phi) is 15.4. The van der Waals surface area contributed by atoms with E-state index in [-0.39, 0.29) is 23.5 Å². The Morgan fingerprint density at radius 1 is 1.17 bits per heavy atom. The molecule has 0 radical (unpaired) electrons. The van der Waals surface area contributed by atoms with Crippen molar-refractivity contribution in [1.29, 1.82) is 0 Å². The molecule has 1 N–H and O–H groups in total. The molecule has 0 saturated carbocycles. The van der Waals surface area contributed by atoms with Gasteiger partial charge in [-0.2, -0.15) is 18.3 Å². The van der Waals surface area contributed by atoms with Crippen LogP contribution in [0.2, 0.25) is 0 Å². The largest absolute Gasteiger partial charge is 0.451 e. The number of hydrazone groups is 1. The lowest BCUT2D eigenvalue weighted by Crippen LogP contribution is -2.47. The molecule has 0 aromatic carbocycles. The van der Waals surface area contributed by atoms with Crippen LogP contribution in [0.15, 0.2) is 35.5 Å². The number of carbonyl (C=O) groups is 1. The number of nitrogens with one attached hydrogen (secondary N) is 1. The van der Waals surface area contributed by atoms with Crippen molar-refractivity contribution < 1.29 is 22.7 Å². The number of ether oxygens (including phenoxy) is 1. The van der Waals surface area contributed by atoms with Crippen molar-refractivity contribution in [3.05, 3.63) is 36.2 Å². The normalized spacial score (nSPS) is 17.2. The zero-order chi connectivity index (χ0) is 34.5. The van der Waals surface area contributed by atoms with E-state index < -0.39 is 17.5 Å². The Morgan fingerprint density at radius 3 is 2.30 bits per heavy atom. The highest BCUT2D eigenvalue weighted by Gasteiger charge is 2.36. The first-order valence-corrected chi connectivity index (χ1v) is 16.3. The Balaban J connectivity index is 0.000000512. The highest BCUT2D eigenvalue weighted by molar-refractivity contribution is 5.87. The molecule has 2 aliphatic heterocycles. The topological polar surface area (TPSA) is 89.4 Å². The van der Waals surface area contributed by atoms with Crippen molar-refractivity contribution in [2.45, 2.75) is 79.1 Å². The van der Waals surface area contributed by atoms with Gasteiger partial charge in [0, 0.05) is 64.1 Å². The van der Waals surface area contributed by atoms with Crippen molar-refractivity contribution in [2.24, 2.45) is 11.0 Å². The molecule has 13 heteroatoms. The molecule has 0 aliphatic carbocycles. The number of allylic oxidation sites excluding steroid dienone is 2. The first-order valence-electron chi connectivity index (χ1n) is 16.3. The van der Waals surface area contributed by atoms with E-state index in [0.29, 0.717) is 32.3 Å². The lowest BCUT2D eigenvalue weighted by atomic mass is 9.99. The second-order valence-corrected chi connectivity index (χ2v) is 12.7. The maximum Gasteiger partial charge on any atom is 0.451 e. The molecule has 0 spiro atoms. The summed E-state index contributed by atoms with van der Waals surface area (Å²) in [7, 11) is 1.94. The SMILES string of the molecule is C=CC(=O)N1CCN(CC)CC1.CCC(/C=C(C)/C=N\N(C)C1COC1)CCN(CC)c1cc(NC(C)(C)C)nc(C(F)(F)F)n1. The van der Waals surface area contributed by atoms with E-state index in [0.717, 1.165) is 51.1 Å². The van der Waals surface area contributed by atoms with Gasteiger partial charge in [-0.1, -0.05) is 26.5 Å². The predicted molar refractivity (Wildman–Crippen MR) is 180 cm³/mol. The van der Waals surface area contributed by atoms with E-state index >= 15 is 0 Å². The van der Waals surface area contributed by atoms with Crippen LogP contribution in [-0.4, -0.2) is 115 Å². The molecule has 260 valence electrons. The molecule has 1 aromatic heterocycles. The van der Waals surface area contributed by atoms with E-state index in [1.54, 1.807) is 6.07 Å². The van der Waals surface area contributed by atoms with Crippen LogP contribution in [0.25, 0.3) is 0 Å². The minimum absolute atomic E-state index is 0.0609. The molecule has 3 heterocycles. The summed E-state index contributed by atoms with van der Waals surface area (Å²) in [6.07, 6.45) is 2.51. The number of carbonyl (C=O) groups excluding carboxylic acids is 1. The van der Waals surface area contributed by atoms with Gasteiger partial charge >= 0.3 is 6.18 Å². The summed E-state index contributed by atoms with van der Waals surface area (Å²) in [5, 5.41) is 9.44. The van der Waals surface area contributed by atoms with E-state index in [1.807, 2.05) is 62.7 Å². The highest BCUT2D eigenvalue weighted by Crippen LogP contribution is 2.30. The van der Waals surface area contributed by atoms with Gasteiger partial charge in [0.05, 0.1) is 19.3 Å². The Labute approximate surface area is 273 Å². The number of likely N-dealkylation sites (N-methyl/N-ethyl adjacent to an activating group) is 2. The van der Waals surface area contributed by atoms with Gasteiger partial charge in [-0.05, 0) is 71.6 Å². The van der Waals surface area contributed by atoms with E-state index in [4.69, 9.17) is 4.74 Å². The fourth-order valence-electron chi connectivity index (χ4n) is 4.88. The van der Waals surface area contributed by atoms with Crippen LogP contribution >= 0.6 is 0 Å². The molecule has 3 rings (SSSR count). The Morgan fingerprint density at radius 2 is 1.83 bits per heavy atom. The highest BCUT2D eigenvalue weighted by atomic mass is 19.4. The minimum Gasteiger partial charge on any atom is -0.377 e. The summed E-state index contributed by atoms with van der Waals surface area (Å²) < 4.78 is 45.6. The monoisotopic (exact) mass is 652 g/mol. The number of hydrogen-bond donors (Lipinski definition) is 1. The Hall–Kier alpha value is -3.19. The second-order valence-electron chi connectivity index (χ2n) is 12.7. The lowest BCUT2D eigenvalue weighted by molar-refractivity contribution is -0.144. The van der Waals surface area contributed by atoms with Crippen LogP contribution in [0.3, 0.4) is 0 Å². The van der Waals surface area contributed by atoms with Crippen molar-refractivity contribution in [1.82, 2.24) is 24.8 Å². The quantitative estimate of drug-likeness (QED) is 0.169. The molecular formula is C33H55F3N8O2. The standard InChI is InChI=1S/C24H39F3N6O.C9H16N2O/c1-8-18(12-17(3)14-28-32(7)19-15-34-16-19)10-11-33(9-2)21-13-20(31-23(4,5)6)29-22(30-21)24(25,26)27;1-3-9(12)11-7-5-10(4-2)6-8-11/h12-14,18-19H,8-11,15-16H2,1-7H3,(H,29,30,31);3H,1,4-8H2,2H3/b17-12+,28-14-;. The van der Waals surface area contributed by atoms with Gasteiger partial charge in [0.25, 0.3) is 0 Å². The second kappa shape index (κ2) is 18.2. The number of amides is 1. The molecule has 1 atom stereocenters. The molecule has 10 nitrogen and oxygen atoms in total. The number of anilines is 2. The molecule has 2 saturated heterocycles. The van der Waals surface area contributed by atoms with Crippen molar-refractivity contribution in [2.75, 3.05) is 76.3 Å². The molecule has 2 aliphatic rings. The van der Waals surface area contributed by atoms with Gasteiger partial charge in [-0.25, -0.2) is 9.97 Å². The zero-order valence-corrected chi connectivity index (χ0v) is 29.0. The average Bonchev–Trinajstić information content (AvgIpc) is 2.97. The van der Waals surface area contributed by atoms with E-state index in [9.17, 15) is 18.0 Å². The van der Waals surface area contributed by atoms with Gasteiger partial charge in [0.2, 0.25) is 11.7 Å². The maximum absolute atomic E-state index is 13.5. The molecule has 1 aromatic rings. The summed E-state index contributed by atoms with van der Waals surface area (Å²) in [6, 6.07) is 1.93. The lowest BCUT2D eigenvalue weighted by Gasteiger charge is -2.33. The van der Waals surface area contributed by atoms with E-state index in [1.165, 1.54) is 6.08 Å². The number of alkyl halides is 3. The minimum atomic E-state index is -4.62. The van der Waals surface area contributed by atoms with E-state index in [2.05, 4.69) is 51.8 Å². The summed E-state index contributed by atoms with van der Waals surface area (Å²) in [4.78, 5) is 24.8. The van der Waals surface area contributed by atoms with Crippen molar-refractivity contribution in [3.8, 4) is 0 Å². The molecule has 1 unspecified atom stereocenters. The van der Waals surface area contributed by atoms with Gasteiger partial charge in [0.1, 0.15) is 11.6 Å². The van der Waals surface area contributed by atoms with Gasteiger partial charge in [-0.3, -0.25) is 9.80 Å².